The number of phenolic OH excluding ortho intramolecular Hbond substituents is 1. The van der Waals surface area contributed by atoms with Gasteiger partial charge in [-0.25, -0.2) is 9.59 Å². The lowest BCUT2D eigenvalue weighted by molar-refractivity contribution is -0.131. The molecule has 0 aliphatic rings. The summed E-state index contributed by atoms with van der Waals surface area (Å²) < 4.78 is 6.28. The van der Waals surface area contributed by atoms with Gasteiger partial charge in [0.15, 0.2) is 0 Å². The van der Waals surface area contributed by atoms with Crippen molar-refractivity contribution < 1.29 is 24.5 Å². The van der Waals surface area contributed by atoms with Crippen LogP contribution in [0.15, 0.2) is 54.6 Å². The minimum atomic E-state index is -1.10. The molecule has 0 aromatic heterocycles. The standard InChI is InChI=1S/C19H18INO5/c1-12-5-8-14(9-6-12)21-19(25)26-17(3-2-4-18(23)24)15-11-13(20)7-10-16(15)22/h2,4-11,17,22H,3H2,1H3,(H,21,25)(H,23,24)/b4-2+/t17-/m0/s1. The highest BCUT2D eigenvalue weighted by Crippen LogP contribution is 2.31. The second kappa shape index (κ2) is 9.23. The maximum atomic E-state index is 12.2. The third kappa shape index (κ3) is 6.07. The third-order valence-corrected chi connectivity index (χ3v) is 4.17. The number of benzene rings is 2. The molecule has 136 valence electrons. The molecule has 1 atom stereocenters. The molecular formula is C19H18INO5. The molecule has 0 aliphatic heterocycles. The van der Waals surface area contributed by atoms with Gasteiger partial charge in [0.1, 0.15) is 11.9 Å². The Morgan fingerprint density at radius 2 is 1.92 bits per heavy atom. The van der Waals surface area contributed by atoms with Gasteiger partial charge in [-0.05, 0) is 59.8 Å². The molecule has 0 radical (unpaired) electrons. The minimum Gasteiger partial charge on any atom is -0.508 e. The highest BCUT2D eigenvalue weighted by atomic mass is 127. The van der Waals surface area contributed by atoms with Gasteiger partial charge >= 0.3 is 12.1 Å². The number of carboxylic acids is 1. The Hall–Kier alpha value is -2.55. The van der Waals surface area contributed by atoms with Crippen molar-refractivity contribution in [3.63, 3.8) is 0 Å². The van der Waals surface area contributed by atoms with Crippen molar-refractivity contribution in [3.8, 4) is 5.75 Å². The summed E-state index contributed by atoms with van der Waals surface area (Å²) in [6.07, 6.45) is 0.943. The summed E-state index contributed by atoms with van der Waals surface area (Å²) >= 11 is 2.08. The summed E-state index contributed by atoms with van der Waals surface area (Å²) in [5.74, 6) is -1.12. The summed E-state index contributed by atoms with van der Waals surface area (Å²) in [6, 6.07) is 12.1. The number of aryl methyl sites for hydroxylation is 1. The van der Waals surface area contributed by atoms with Crippen LogP contribution >= 0.6 is 22.6 Å². The summed E-state index contributed by atoms with van der Waals surface area (Å²) in [4.78, 5) is 22.9. The number of carbonyl (C=O) groups is 2. The zero-order chi connectivity index (χ0) is 19.1. The number of ether oxygens (including phenoxy) is 1. The van der Waals surface area contributed by atoms with E-state index in [-0.39, 0.29) is 12.2 Å². The van der Waals surface area contributed by atoms with Crippen LogP contribution in [0.3, 0.4) is 0 Å². The molecule has 2 rings (SSSR count). The number of carboxylic acid groups (broad SMARTS) is 1. The molecule has 3 N–H and O–H groups in total. The van der Waals surface area contributed by atoms with E-state index in [0.29, 0.717) is 11.3 Å². The first-order chi connectivity index (χ1) is 12.3. The zero-order valence-corrected chi connectivity index (χ0v) is 16.1. The number of amides is 1. The number of nitrogens with one attached hydrogen (secondary N) is 1. The third-order valence-electron chi connectivity index (χ3n) is 3.49. The largest absolute Gasteiger partial charge is 0.508 e. The van der Waals surface area contributed by atoms with Gasteiger partial charge in [0.05, 0.1) is 0 Å². The maximum Gasteiger partial charge on any atom is 0.412 e. The number of carbonyl (C=O) groups excluding carboxylic acids is 1. The number of aliphatic carboxylic acids is 1. The smallest absolute Gasteiger partial charge is 0.412 e. The first-order valence-corrected chi connectivity index (χ1v) is 8.85. The van der Waals surface area contributed by atoms with Crippen molar-refractivity contribution >= 4 is 40.3 Å². The van der Waals surface area contributed by atoms with E-state index in [1.54, 1.807) is 24.3 Å². The van der Waals surface area contributed by atoms with Crippen LogP contribution in [0.2, 0.25) is 0 Å². The fourth-order valence-corrected chi connectivity index (χ4v) is 2.74. The van der Waals surface area contributed by atoms with Crippen molar-refractivity contribution in [1.29, 1.82) is 0 Å². The number of phenols is 1. The van der Waals surface area contributed by atoms with Gasteiger partial charge in [-0.3, -0.25) is 5.32 Å². The summed E-state index contributed by atoms with van der Waals surface area (Å²) in [6.45, 7) is 1.94. The SMILES string of the molecule is Cc1ccc(NC(=O)O[C@@H](C/C=C/C(=O)O)c2cc(I)ccc2O)cc1. The van der Waals surface area contributed by atoms with E-state index < -0.39 is 18.2 Å². The van der Waals surface area contributed by atoms with Crippen LogP contribution in [-0.2, 0) is 9.53 Å². The van der Waals surface area contributed by atoms with E-state index in [1.165, 1.54) is 12.1 Å². The quantitative estimate of drug-likeness (QED) is 0.426. The minimum absolute atomic E-state index is 0.0257. The number of rotatable bonds is 6. The lowest BCUT2D eigenvalue weighted by atomic mass is 10.1. The van der Waals surface area contributed by atoms with Gasteiger partial charge in [-0.15, -0.1) is 0 Å². The van der Waals surface area contributed by atoms with Crippen LogP contribution in [0.25, 0.3) is 0 Å². The summed E-state index contributed by atoms with van der Waals surface area (Å²) in [5, 5.41) is 21.4. The number of hydrogen-bond acceptors (Lipinski definition) is 4. The average molecular weight is 467 g/mol. The second-order valence-corrected chi connectivity index (χ2v) is 6.81. The molecular weight excluding hydrogens is 449 g/mol. The van der Waals surface area contributed by atoms with Gasteiger partial charge in [0, 0.05) is 27.3 Å². The number of halogens is 1. The van der Waals surface area contributed by atoms with Gasteiger partial charge < -0.3 is 14.9 Å². The van der Waals surface area contributed by atoms with Crippen molar-refractivity contribution in [3.05, 3.63) is 69.3 Å². The second-order valence-electron chi connectivity index (χ2n) is 5.56. The molecule has 7 heteroatoms. The Bertz CT molecular complexity index is 817. The van der Waals surface area contributed by atoms with Crippen LogP contribution in [0, 0.1) is 10.5 Å². The Kier molecular flexibility index (Phi) is 7.02. The van der Waals surface area contributed by atoms with Gasteiger partial charge in [-0.1, -0.05) is 23.8 Å². The number of aromatic hydroxyl groups is 1. The Morgan fingerprint density at radius 3 is 2.58 bits per heavy atom. The normalized spacial score (nSPS) is 11.9. The van der Waals surface area contributed by atoms with Gasteiger partial charge in [-0.2, -0.15) is 0 Å². The lowest BCUT2D eigenvalue weighted by Gasteiger charge is -2.18. The van der Waals surface area contributed by atoms with Crippen LogP contribution in [0.1, 0.15) is 23.7 Å². The molecule has 1 amide bonds. The molecule has 2 aromatic carbocycles. The van der Waals surface area contributed by atoms with E-state index in [2.05, 4.69) is 27.9 Å². The molecule has 0 unspecified atom stereocenters. The average Bonchev–Trinajstić information content (AvgIpc) is 2.58. The number of hydrogen-bond donors (Lipinski definition) is 3. The fraction of sp³-hybridized carbons (Fsp3) is 0.158. The predicted molar refractivity (Wildman–Crippen MR) is 106 cm³/mol. The monoisotopic (exact) mass is 467 g/mol. The Labute approximate surface area is 164 Å². The molecule has 6 nitrogen and oxygen atoms in total. The highest BCUT2D eigenvalue weighted by molar-refractivity contribution is 14.1. The van der Waals surface area contributed by atoms with Crippen molar-refractivity contribution in [2.45, 2.75) is 19.4 Å². The summed E-state index contributed by atoms with van der Waals surface area (Å²) in [5.41, 5.74) is 2.04. The molecule has 0 saturated heterocycles. The predicted octanol–water partition coefficient (Wildman–Crippen LogP) is 4.63. The van der Waals surface area contributed by atoms with E-state index >= 15 is 0 Å². The van der Waals surface area contributed by atoms with Gasteiger partial charge in [0.25, 0.3) is 0 Å². The maximum absolute atomic E-state index is 12.2. The molecule has 0 aliphatic carbocycles. The zero-order valence-electron chi connectivity index (χ0n) is 14.0. The molecule has 26 heavy (non-hydrogen) atoms. The van der Waals surface area contributed by atoms with Crippen molar-refractivity contribution in [2.75, 3.05) is 5.32 Å². The lowest BCUT2D eigenvalue weighted by Crippen LogP contribution is -2.17. The highest BCUT2D eigenvalue weighted by Gasteiger charge is 2.20. The van der Waals surface area contributed by atoms with E-state index in [9.17, 15) is 14.7 Å². The van der Waals surface area contributed by atoms with Crippen molar-refractivity contribution in [1.82, 2.24) is 0 Å². The molecule has 2 aromatic rings. The van der Waals surface area contributed by atoms with E-state index in [1.807, 2.05) is 19.1 Å². The van der Waals surface area contributed by atoms with Crippen LogP contribution in [0.5, 0.6) is 5.75 Å². The number of anilines is 1. The van der Waals surface area contributed by atoms with Crippen molar-refractivity contribution in [2.24, 2.45) is 0 Å². The van der Waals surface area contributed by atoms with Crippen LogP contribution in [-0.4, -0.2) is 22.3 Å². The van der Waals surface area contributed by atoms with Crippen LogP contribution in [0.4, 0.5) is 10.5 Å². The molecule has 0 fully saturated rings. The first-order valence-electron chi connectivity index (χ1n) is 7.77. The molecule has 0 saturated carbocycles. The Balaban J connectivity index is 2.17. The molecule has 0 spiro atoms. The molecule has 0 bridgehead atoms. The van der Waals surface area contributed by atoms with E-state index in [0.717, 1.165) is 15.2 Å². The topological polar surface area (TPSA) is 95.9 Å². The fourth-order valence-electron chi connectivity index (χ4n) is 2.23. The van der Waals surface area contributed by atoms with E-state index in [4.69, 9.17) is 9.84 Å². The summed E-state index contributed by atoms with van der Waals surface area (Å²) in [7, 11) is 0. The van der Waals surface area contributed by atoms with Crippen LogP contribution < -0.4 is 5.32 Å². The molecule has 0 heterocycles. The van der Waals surface area contributed by atoms with Gasteiger partial charge in [0.2, 0.25) is 0 Å². The Morgan fingerprint density at radius 1 is 1.23 bits per heavy atom. The first kappa shape index (κ1) is 19.8.